The van der Waals surface area contributed by atoms with Crippen molar-refractivity contribution in [3.63, 3.8) is 0 Å². The molecule has 1 aromatic carbocycles. The van der Waals surface area contributed by atoms with Gasteiger partial charge in [0.15, 0.2) is 6.61 Å². The van der Waals surface area contributed by atoms with Gasteiger partial charge in [0.05, 0.1) is 0 Å². The monoisotopic (exact) mass is 332 g/mol. The number of esters is 1. The molecule has 0 bridgehead atoms. The number of hydrogen-bond acceptors (Lipinski definition) is 5. The third kappa shape index (κ3) is 5.23. The minimum absolute atomic E-state index is 0.300. The van der Waals surface area contributed by atoms with Gasteiger partial charge in [-0.05, 0) is 29.5 Å². The summed E-state index contributed by atoms with van der Waals surface area (Å²) < 4.78 is 4.87. The van der Waals surface area contributed by atoms with Crippen LogP contribution in [0.4, 0.5) is 4.79 Å². The minimum atomic E-state index is -0.682. The van der Waals surface area contributed by atoms with Gasteiger partial charge in [-0.25, -0.2) is 9.59 Å². The van der Waals surface area contributed by atoms with Crippen LogP contribution in [0.1, 0.15) is 20.8 Å². The standard InChI is InChI=1S/C16H16N2O4S/c1-11-7-8-23-14(11)15(20)22-10-13(19)18-16(21)17-9-12-5-3-2-4-6-12/h2-8H,9-10H2,1H3,(H2,17,18,19,21). The number of nitrogens with one attached hydrogen (secondary N) is 2. The predicted octanol–water partition coefficient (Wildman–Crippen LogP) is 2.24. The molecule has 0 radical (unpaired) electrons. The molecule has 0 saturated carbocycles. The maximum atomic E-state index is 11.7. The topological polar surface area (TPSA) is 84.5 Å². The summed E-state index contributed by atoms with van der Waals surface area (Å²) in [6, 6.07) is 10.4. The molecule has 0 spiro atoms. The van der Waals surface area contributed by atoms with E-state index < -0.39 is 24.5 Å². The molecule has 3 amide bonds. The number of aryl methyl sites for hydroxylation is 1. The number of urea groups is 1. The number of hydrogen-bond donors (Lipinski definition) is 2. The van der Waals surface area contributed by atoms with Gasteiger partial charge in [0.1, 0.15) is 4.88 Å². The highest BCUT2D eigenvalue weighted by Gasteiger charge is 2.15. The molecule has 0 aliphatic rings. The van der Waals surface area contributed by atoms with Gasteiger partial charge in [0, 0.05) is 6.54 Å². The Morgan fingerprint density at radius 3 is 2.52 bits per heavy atom. The first-order valence-corrected chi connectivity index (χ1v) is 7.77. The maximum absolute atomic E-state index is 11.7. The number of ether oxygens (including phenoxy) is 1. The van der Waals surface area contributed by atoms with E-state index in [2.05, 4.69) is 10.6 Å². The lowest BCUT2D eigenvalue weighted by Gasteiger charge is -2.07. The third-order valence-electron chi connectivity index (χ3n) is 2.93. The van der Waals surface area contributed by atoms with Gasteiger partial charge < -0.3 is 10.1 Å². The summed E-state index contributed by atoms with van der Waals surface area (Å²) >= 11 is 1.24. The van der Waals surface area contributed by atoms with Crippen molar-refractivity contribution in [3.8, 4) is 0 Å². The van der Waals surface area contributed by atoms with E-state index in [0.717, 1.165) is 11.1 Å². The Morgan fingerprint density at radius 1 is 1.13 bits per heavy atom. The summed E-state index contributed by atoms with van der Waals surface area (Å²) in [5.74, 6) is -1.25. The SMILES string of the molecule is Cc1ccsc1C(=O)OCC(=O)NC(=O)NCc1ccccc1. The molecule has 0 aliphatic heterocycles. The lowest BCUT2D eigenvalue weighted by Crippen LogP contribution is -2.41. The molecular formula is C16H16N2O4S. The van der Waals surface area contributed by atoms with Crippen LogP contribution >= 0.6 is 11.3 Å². The molecule has 120 valence electrons. The molecule has 1 heterocycles. The number of imide groups is 1. The molecule has 2 rings (SSSR count). The Morgan fingerprint density at radius 2 is 1.87 bits per heavy atom. The first-order valence-electron chi connectivity index (χ1n) is 6.89. The van der Waals surface area contributed by atoms with Gasteiger partial charge in [-0.1, -0.05) is 30.3 Å². The molecule has 6 nitrogen and oxygen atoms in total. The zero-order chi connectivity index (χ0) is 16.7. The van der Waals surface area contributed by atoms with Crippen LogP contribution in [0, 0.1) is 6.92 Å². The average Bonchev–Trinajstić information content (AvgIpc) is 2.98. The number of carbonyl (C=O) groups is 3. The number of thiophene rings is 1. The van der Waals surface area contributed by atoms with E-state index in [-0.39, 0.29) is 0 Å². The molecule has 2 aromatic rings. The van der Waals surface area contributed by atoms with Gasteiger partial charge in [0.25, 0.3) is 5.91 Å². The average molecular weight is 332 g/mol. The lowest BCUT2D eigenvalue weighted by molar-refractivity contribution is -0.123. The zero-order valence-electron chi connectivity index (χ0n) is 12.5. The summed E-state index contributed by atoms with van der Waals surface area (Å²) in [4.78, 5) is 35.3. The van der Waals surface area contributed by atoms with Gasteiger partial charge >= 0.3 is 12.0 Å². The number of benzene rings is 1. The fourth-order valence-electron chi connectivity index (χ4n) is 1.76. The van der Waals surface area contributed by atoms with Crippen LogP contribution < -0.4 is 10.6 Å². The van der Waals surface area contributed by atoms with E-state index in [0.29, 0.717) is 11.4 Å². The van der Waals surface area contributed by atoms with E-state index in [4.69, 9.17) is 4.74 Å². The molecule has 0 aliphatic carbocycles. The van der Waals surface area contributed by atoms with E-state index in [1.165, 1.54) is 11.3 Å². The van der Waals surface area contributed by atoms with Crippen molar-refractivity contribution < 1.29 is 19.1 Å². The summed E-state index contributed by atoms with van der Waals surface area (Å²) in [7, 11) is 0. The molecule has 1 aromatic heterocycles. The van der Waals surface area contributed by atoms with Crippen molar-refractivity contribution >= 4 is 29.2 Å². The van der Waals surface area contributed by atoms with Gasteiger partial charge in [-0.2, -0.15) is 0 Å². The number of amides is 3. The Labute approximate surface area is 137 Å². The van der Waals surface area contributed by atoms with E-state index in [9.17, 15) is 14.4 Å². The molecule has 0 fully saturated rings. The quantitative estimate of drug-likeness (QED) is 0.823. The molecule has 23 heavy (non-hydrogen) atoms. The van der Waals surface area contributed by atoms with E-state index in [1.54, 1.807) is 18.4 Å². The van der Waals surface area contributed by atoms with Crippen molar-refractivity contribution in [2.24, 2.45) is 0 Å². The predicted molar refractivity (Wildman–Crippen MR) is 86.2 cm³/mol. The summed E-state index contributed by atoms with van der Waals surface area (Å²) in [6.45, 7) is 1.58. The van der Waals surface area contributed by atoms with Crippen LogP contribution in [0.3, 0.4) is 0 Å². The van der Waals surface area contributed by atoms with E-state index in [1.807, 2.05) is 30.3 Å². The van der Waals surface area contributed by atoms with Crippen molar-refractivity contribution in [1.82, 2.24) is 10.6 Å². The highest BCUT2D eigenvalue weighted by molar-refractivity contribution is 7.12. The molecule has 7 heteroatoms. The Bertz CT molecular complexity index is 697. The Hall–Kier alpha value is -2.67. The second kappa shape index (κ2) is 8.09. The number of rotatable bonds is 5. The fraction of sp³-hybridized carbons (Fsp3) is 0.188. The maximum Gasteiger partial charge on any atom is 0.349 e. The first-order chi connectivity index (χ1) is 11.1. The van der Waals surface area contributed by atoms with Crippen LogP contribution in [0.25, 0.3) is 0 Å². The summed E-state index contributed by atoms with van der Waals surface area (Å²) in [5.41, 5.74) is 1.70. The van der Waals surface area contributed by atoms with Crippen molar-refractivity contribution in [2.45, 2.75) is 13.5 Å². The van der Waals surface area contributed by atoms with Crippen LogP contribution in [0.15, 0.2) is 41.8 Å². The van der Waals surface area contributed by atoms with Gasteiger partial charge in [0.2, 0.25) is 0 Å². The Balaban J connectivity index is 1.71. The first kappa shape index (κ1) is 16.7. The number of carbonyl (C=O) groups excluding carboxylic acids is 3. The van der Waals surface area contributed by atoms with Gasteiger partial charge in [-0.3, -0.25) is 10.1 Å². The molecular weight excluding hydrogens is 316 g/mol. The molecule has 0 atom stereocenters. The van der Waals surface area contributed by atoms with Crippen molar-refractivity contribution in [3.05, 3.63) is 57.8 Å². The molecule has 0 saturated heterocycles. The van der Waals surface area contributed by atoms with Crippen LogP contribution in [0.2, 0.25) is 0 Å². The van der Waals surface area contributed by atoms with Crippen LogP contribution in [-0.2, 0) is 16.1 Å². The second-order valence-electron chi connectivity index (χ2n) is 4.73. The molecule has 0 unspecified atom stereocenters. The van der Waals surface area contributed by atoms with Gasteiger partial charge in [-0.15, -0.1) is 11.3 Å². The third-order valence-corrected chi connectivity index (χ3v) is 3.93. The highest BCUT2D eigenvalue weighted by atomic mass is 32.1. The molecule has 2 N–H and O–H groups in total. The largest absolute Gasteiger partial charge is 0.451 e. The zero-order valence-corrected chi connectivity index (χ0v) is 13.3. The summed E-state index contributed by atoms with van der Waals surface area (Å²) in [5, 5.41) is 6.41. The second-order valence-corrected chi connectivity index (χ2v) is 5.64. The lowest BCUT2D eigenvalue weighted by atomic mass is 10.2. The fourth-order valence-corrected chi connectivity index (χ4v) is 2.58. The van der Waals surface area contributed by atoms with Crippen LogP contribution in [-0.4, -0.2) is 24.5 Å². The van der Waals surface area contributed by atoms with Crippen molar-refractivity contribution in [2.75, 3.05) is 6.61 Å². The van der Waals surface area contributed by atoms with Crippen molar-refractivity contribution in [1.29, 1.82) is 0 Å². The minimum Gasteiger partial charge on any atom is -0.451 e. The smallest absolute Gasteiger partial charge is 0.349 e. The highest BCUT2D eigenvalue weighted by Crippen LogP contribution is 2.16. The Kier molecular flexibility index (Phi) is 5.87. The van der Waals surface area contributed by atoms with Crippen LogP contribution in [0.5, 0.6) is 0 Å². The van der Waals surface area contributed by atoms with E-state index >= 15 is 0 Å². The summed E-state index contributed by atoms with van der Waals surface area (Å²) in [6.07, 6.45) is 0. The normalized spacial score (nSPS) is 9.96.